The molecule has 2 amide bonds. The molecule has 0 radical (unpaired) electrons. The quantitative estimate of drug-likeness (QED) is 0.440. The second kappa shape index (κ2) is 8.65. The number of fused-ring (bicyclic) bond motifs is 1. The molecule has 1 aliphatic rings. The van der Waals surface area contributed by atoms with Gasteiger partial charge in [-0.3, -0.25) is 24.3 Å². The van der Waals surface area contributed by atoms with E-state index in [0.29, 0.717) is 12.8 Å². The van der Waals surface area contributed by atoms with Gasteiger partial charge in [0.15, 0.2) is 0 Å². The van der Waals surface area contributed by atoms with Crippen LogP contribution in [0.3, 0.4) is 0 Å². The average molecular weight is 447 g/mol. The number of imide groups is 1. The fraction of sp³-hybridized carbons (Fsp3) is 0.217. The number of carbonyl (C=O) groups excluding carboxylic acids is 2. The van der Waals surface area contributed by atoms with E-state index in [4.69, 9.17) is 0 Å². The van der Waals surface area contributed by atoms with Crippen LogP contribution in [0.5, 0.6) is 5.88 Å². The second-order valence-corrected chi connectivity index (χ2v) is 7.45. The number of rotatable bonds is 6. The average Bonchev–Trinajstić information content (AvgIpc) is 3.06. The maximum atomic E-state index is 13.1. The van der Waals surface area contributed by atoms with Crippen molar-refractivity contribution in [2.75, 3.05) is 0 Å². The highest BCUT2D eigenvalue weighted by Gasteiger charge is 2.40. The third kappa shape index (κ3) is 3.65. The van der Waals surface area contributed by atoms with E-state index in [0.717, 1.165) is 4.57 Å². The van der Waals surface area contributed by atoms with Gasteiger partial charge in [-0.25, -0.2) is 9.36 Å². The summed E-state index contributed by atoms with van der Waals surface area (Å²) in [5, 5.41) is 18.0. The van der Waals surface area contributed by atoms with Crippen molar-refractivity contribution in [2.45, 2.75) is 32.7 Å². The number of aromatic hydroxyl groups is 1. The first-order chi connectivity index (χ1) is 15.9. The van der Waals surface area contributed by atoms with E-state index in [1.54, 1.807) is 36.4 Å². The predicted octanol–water partition coefficient (Wildman–Crippen LogP) is 3.43. The zero-order valence-corrected chi connectivity index (χ0v) is 18.0. The van der Waals surface area contributed by atoms with E-state index in [1.807, 2.05) is 13.8 Å². The summed E-state index contributed by atoms with van der Waals surface area (Å²) in [6.07, 6.45) is 1.23. The van der Waals surface area contributed by atoms with E-state index >= 15 is 0 Å². The minimum Gasteiger partial charge on any atom is -0.493 e. The number of amides is 2. The van der Waals surface area contributed by atoms with Crippen LogP contribution >= 0.6 is 0 Å². The third-order valence-corrected chi connectivity index (χ3v) is 5.56. The molecule has 2 heterocycles. The summed E-state index contributed by atoms with van der Waals surface area (Å²) in [5.74, 6) is -1.64. The Kier molecular flexibility index (Phi) is 5.74. The Labute approximate surface area is 187 Å². The summed E-state index contributed by atoms with van der Waals surface area (Å²) in [4.78, 5) is 54.5. The number of benzene rings is 2. The first kappa shape index (κ1) is 21.9. The van der Waals surface area contributed by atoms with Crippen molar-refractivity contribution >= 4 is 23.2 Å². The number of hydrogen-bond donors (Lipinski definition) is 2. The predicted molar refractivity (Wildman–Crippen MR) is 120 cm³/mol. The number of para-hydroxylation sites is 1. The van der Waals surface area contributed by atoms with E-state index in [-0.39, 0.29) is 28.5 Å². The number of azo groups is 1. The number of carbonyl (C=O) groups is 2. The Morgan fingerprint density at radius 2 is 1.61 bits per heavy atom. The molecule has 0 bridgehead atoms. The monoisotopic (exact) mass is 447 g/mol. The molecule has 10 heteroatoms. The van der Waals surface area contributed by atoms with Crippen LogP contribution in [-0.4, -0.2) is 37.4 Å². The molecule has 168 valence electrons. The zero-order valence-electron chi connectivity index (χ0n) is 18.0. The molecule has 2 N–H and O–H groups in total. The Morgan fingerprint density at radius 1 is 0.909 bits per heavy atom. The van der Waals surface area contributed by atoms with Crippen molar-refractivity contribution in [3.63, 3.8) is 0 Å². The molecular formula is C23H21N5O5. The van der Waals surface area contributed by atoms with Crippen LogP contribution in [-0.2, 0) is 0 Å². The fourth-order valence-electron chi connectivity index (χ4n) is 3.88. The first-order valence-electron chi connectivity index (χ1n) is 10.4. The van der Waals surface area contributed by atoms with Gasteiger partial charge in [0.1, 0.15) is 0 Å². The van der Waals surface area contributed by atoms with Gasteiger partial charge < -0.3 is 5.11 Å². The maximum Gasteiger partial charge on any atom is 0.335 e. The highest BCUT2D eigenvalue weighted by Crippen LogP contribution is 2.34. The van der Waals surface area contributed by atoms with Crippen molar-refractivity contribution in [3.05, 3.63) is 80.5 Å². The molecule has 3 aromatic rings. The Bertz CT molecular complexity index is 1390. The molecule has 1 aromatic heterocycles. The van der Waals surface area contributed by atoms with Gasteiger partial charge in [-0.05, 0) is 37.1 Å². The number of nitrogens with zero attached hydrogens (tertiary/aromatic N) is 4. The topological polar surface area (TPSA) is 137 Å². The number of nitrogens with one attached hydrogen (secondary N) is 1. The van der Waals surface area contributed by atoms with E-state index in [1.165, 1.54) is 17.0 Å². The van der Waals surface area contributed by atoms with Gasteiger partial charge >= 0.3 is 5.69 Å². The minimum atomic E-state index is -0.889. The highest BCUT2D eigenvalue weighted by molar-refractivity contribution is 6.23. The van der Waals surface area contributed by atoms with Crippen LogP contribution in [0.4, 0.5) is 11.4 Å². The largest absolute Gasteiger partial charge is 0.493 e. The van der Waals surface area contributed by atoms with Crippen LogP contribution in [0.15, 0.2) is 68.3 Å². The van der Waals surface area contributed by atoms with Gasteiger partial charge in [-0.15, -0.1) is 10.2 Å². The van der Waals surface area contributed by atoms with Gasteiger partial charge in [0.2, 0.25) is 11.6 Å². The number of aromatic nitrogens is 2. The van der Waals surface area contributed by atoms with Crippen molar-refractivity contribution in [1.29, 1.82) is 0 Å². The van der Waals surface area contributed by atoms with E-state index in [2.05, 4.69) is 15.2 Å². The molecule has 0 unspecified atom stereocenters. The molecule has 2 aromatic carbocycles. The SMILES string of the molecule is CCC(CC)N1C(=O)c2cccc(N=Nc3c(O)[nH]c(=O)n(-c4ccccc4)c3=O)c2C1=O. The van der Waals surface area contributed by atoms with Crippen LogP contribution in [0.1, 0.15) is 47.4 Å². The van der Waals surface area contributed by atoms with Crippen LogP contribution in [0.25, 0.3) is 5.69 Å². The lowest BCUT2D eigenvalue weighted by Gasteiger charge is -2.23. The molecule has 0 saturated carbocycles. The van der Waals surface area contributed by atoms with E-state index in [9.17, 15) is 24.3 Å². The van der Waals surface area contributed by atoms with Crippen molar-refractivity contribution in [1.82, 2.24) is 14.5 Å². The zero-order chi connectivity index (χ0) is 23.7. The number of hydrogen-bond acceptors (Lipinski definition) is 7. The smallest absolute Gasteiger partial charge is 0.335 e. The fourth-order valence-corrected chi connectivity index (χ4v) is 3.88. The molecule has 1 aliphatic heterocycles. The van der Waals surface area contributed by atoms with Gasteiger partial charge in [0, 0.05) is 6.04 Å². The minimum absolute atomic E-state index is 0.0792. The summed E-state index contributed by atoms with van der Waals surface area (Å²) in [7, 11) is 0. The van der Waals surface area contributed by atoms with Crippen LogP contribution < -0.4 is 11.2 Å². The number of H-pyrrole nitrogens is 1. The molecule has 0 saturated heterocycles. The maximum absolute atomic E-state index is 13.1. The number of aromatic amines is 1. The molecule has 0 fully saturated rings. The third-order valence-electron chi connectivity index (χ3n) is 5.56. The Balaban J connectivity index is 1.80. The molecule has 4 rings (SSSR count). The summed E-state index contributed by atoms with van der Waals surface area (Å²) in [6, 6.07) is 12.5. The normalized spacial score (nSPS) is 13.4. The van der Waals surface area contributed by atoms with Crippen molar-refractivity contribution < 1.29 is 14.7 Å². The summed E-state index contributed by atoms with van der Waals surface area (Å²) >= 11 is 0. The summed E-state index contributed by atoms with van der Waals surface area (Å²) in [6.45, 7) is 3.80. The molecule has 0 atom stereocenters. The van der Waals surface area contributed by atoms with Crippen molar-refractivity contribution in [2.24, 2.45) is 10.2 Å². The first-order valence-corrected chi connectivity index (χ1v) is 10.4. The Hall–Kier alpha value is -4.34. The van der Waals surface area contributed by atoms with Gasteiger partial charge in [0.05, 0.1) is 22.5 Å². The lowest BCUT2D eigenvalue weighted by atomic mass is 10.1. The van der Waals surface area contributed by atoms with Gasteiger partial charge in [-0.2, -0.15) is 0 Å². The molecule has 0 spiro atoms. The second-order valence-electron chi connectivity index (χ2n) is 7.45. The van der Waals surface area contributed by atoms with Gasteiger partial charge in [-0.1, -0.05) is 38.1 Å². The lowest BCUT2D eigenvalue weighted by Crippen LogP contribution is -2.39. The molecule has 33 heavy (non-hydrogen) atoms. The molecule has 0 aliphatic carbocycles. The Morgan fingerprint density at radius 3 is 2.27 bits per heavy atom. The molecule has 10 nitrogen and oxygen atoms in total. The highest BCUT2D eigenvalue weighted by atomic mass is 16.3. The molecular weight excluding hydrogens is 426 g/mol. The summed E-state index contributed by atoms with van der Waals surface area (Å²) in [5.41, 5.74) is -1.59. The van der Waals surface area contributed by atoms with Crippen molar-refractivity contribution in [3.8, 4) is 11.6 Å². The van der Waals surface area contributed by atoms with Crippen LogP contribution in [0, 0.1) is 0 Å². The van der Waals surface area contributed by atoms with E-state index < -0.39 is 34.6 Å². The summed E-state index contributed by atoms with van der Waals surface area (Å²) < 4.78 is 0.813. The lowest BCUT2D eigenvalue weighted by molar-refractivity contribution is 0.0576. The van der Waals surface area contributed by atoms with Crippen LogP contribution in [0.2, 0.25) is 0 Å². The van der Waals surface area contributed by atoms with Gasteiger partial charge in [0.25, 0.3) is 17.4 Å². The standard InChI is InChI=1S/C23H21N5O5/c1-3-13(4-2)27-20(30)15-11-8-12-16(17(15)21(27)31)25-26-18-19(29)24-23(33)28(22(18)32)14-9-6-5-7-10-14/h5-13,29H,3-4H2,1-2H3,(H,24,33).